The highest BCUT2D eigenvalue weighted by atomic mass is 127. The smallest absolute Gasteiger partial charge is 0.191 e. The number of nitrogens with zero attached hydrogens (tertiary/aromatic N) is 2. The number of benzene rings is 2. The van der Waals surface area contributed by atoms with Crippen molar-refractivity contribution in [1.29, 1.82) is 0 Å². The zero-order chi connectivity index (χ0) is 18.5. The molecule has 2 aromatic carbocycles. The lowest BCUT2D eigenvalue weighted by molar-refractivity contribution is 0.0348. The summed E-state index contributed by atoms with van der Waals surface area (Å²) >= 11 is 0. The van der Waals surface area contributed by atoms with E-state index in [0.29, 0.717) is 0 Å². The topological polar surface area (TPSA) is 48.9 Å². The second-order valence-corrected chi connectivity index (χ2v) is 7.80. The second kappa shape index (κ2) is 9.89. The Kier molecular flexibility index (Phi) is 7.54. The molecule has 1 fully saturated rings. The lowest BCUT2D eigenvalue weighted by atomic mass is 9.77. The van der Waals surface area contributed by atoms with Crippen LogP contribution in [0, 0.1) is 0 Å². The highest BCUT2D eigenvalue weighted by Gasteiger charge is 2.30. The fourth-order valence-electron chi connectivity index (χ4n) is 4.09. The van der Waals surface area contributed by atoms with Gasteiger partial charge in [-0.2, -0.15) is 0 Å². The zero-order valence-corrected chi connectivity index (χ0v) is 18.9. The van der Waals surface area contributed by atoms with Crippen LogP contribution >= 0.6 is 24.0 Å². The van der Waals surface area contributed by atoms with E-state index in [4.69, 9.17) is 4.74 Å². The summed E-state index contributed by atoms with van der Waals surface area (Å²) in [6, 6.07) is 15.4. The van der Waals surface area contributed by atoms with E-state index in [-0.39, 0.29) is 29.4 Å². The Hall–Kier alpha value is -1.38. The minimum Gasteiger partial charge on any atom is -0.379 e. The summed E-state index contributed by atoms with van der Waals surface area (Å²) in [5, 5.41) is 9.57. The van der Waals surface area contributed by atoms with Crippen molar-refractivity contribution in [1.82, 2.24) is 15.5 Å². The predicted octanol–water partition coefficient (Wildman–Crippen LogP) is 2.99. The molecule has 0 radical (unpaired) electrons. The molecule has 0 aromatic heterocycles. The third-order valence-corrected chi connectivity index (χ3v) is 5.84. The van der Waals surface area contributed by atoms with Gasteiger partial charge in [-0.3, -0.25) is 9.89 Å². The molecule has 5 nitrogen and oxygen atoms in total. The standard InChI is InChI=1S/C22H30N4O.HI/c1-22(17-25-21-23-10-11-24-21,9-12-26-13-15-27-16-14-26)20-8-4-6-18-5-2-3-7-19(18)20;/h2-8H,9-17H2,1H3,(H2,23,24,25);1H. The van der Waals surface area contributed by atoms with Crippen LogP contribution in [0.2, 0.25) is 0 Å². The van der Waals surface area contributed by atoms with Crippen LogP contribution in [0.3, 0.4) is 0 Å². The Labute approximate surface area is 184 Å². The first-order valence-electron chi connectivity index (χ1n) is 10.1. The van der Waals surface area contributed by atoms with E-state index in [1.807, 2.05) is 0 Å². The molecule has 6 heteroatoms. The predicted molar refractivity (Wildman–Crippen MR) is 127 cm³/mol. The molecule has 152 valence electrons. The summed E-state index contributed by atoms with van der Waals surface area (Å²) in [5.74, 6) is 0.938. The molecular weight excluding hydrogens is 463 g/mol. The highest BCUT2D eigenvalue weighted by Crippen LogP contribution is 2.33. The SMILES string of the molecule is CC(CCN1CCOCC1)(CNC1=NCCN1)c1cccc2ccccc12.I. The summed E-state index contributed by atoms with van der Waals surface area (Å²) < 4.78 is 5.51. The number of halogens is 1. The van der Waals surface area contributed by atoms with Crippen LogP contribution in [0.15, 0.2) is 47.5 Å². The minimum absolute atomic E-state index is 0. The van der Waals surface area contributed by atoms with Crippen LogP contribution in [-0.2, 0) is 10.2 Å². The lowest BCUT2D eigenvalue weighted by Crippen LogP contribution is -2.45. The lowest BCUT2D eigenvalue weighted by Gasteiger charge is -2.35. The van der Waals surface area contributed by atoms with Gasteiger partial charge >= 0.3 is 0 Å². The van der Waals surface area contributed by atoms with Crippen molar-refractivity contribution in [3.8, 4) is 0 Å². The van der Waals surface area contributed by atoms with Gasteiger partial charge in [-0.1, -0.05) is 49.4 Å². The Balaban J connectivity index is 0.00000225. The molecule has 0 bridgehead atoms. The third-order valence-electron chi connectivity index (χ3n) is 5.84. The van der Waals surface area contributed by atoms with Gasteiger partial charge in [0.25, 0.3) is 0 Å². The van der Waals surface area contributed by atoms with E-state index in [1.54, 1.807) is 0 Å². The van der Waals surface area contributed by atoms with Gasteiger partial charge in [0.2, 0.25) is 0 Å². The van der Waals surface area contributed by atoms with E-state index in [1.165, 1.54) is 16.3 Å². The van der Waals surface area contributed by atoms with Crippen LogP contribution in [0.5, 0.6) is 0 Å². The number of ether oxygens (including phenoxy) is 1. The van der Waals surface area contributed by atoms with Gasteiger partial charge in [-0.25, -0.2) is 0 Å². The van der Waals surface area contributed by atoms with E-state index >= 15 is 0 Å². The van der Waals surface area contributed by atoms with Gasteiger partial charge in [-0.15, -0.1) is 24.0 Å². The maximum atomic E-state index is 5.51. The third kappa shape index (κ3) is 4.96. The molecule has 2 heterocycles. The molecule has 1 atom stereocenters. The van der Waals surface area contributed by atoms with Crippen LogP contribution in [0.4, 0.5) is 0 Å². The Morgan fingerprint density at radius 1 is 1.14 bits per heavy atom. The van der Waals surface area contributed by atoms with Crippen molar-refractivity contribution in [3.63, 3.8) is 0 Å². The number of fused-ring (bicyclic) bond motifs is 1. The van der Waals surface area contributed by atoms with Gasteiger partial charge in [-0.05, 0) is 29.3 Å². The molecule has 1 saturated heterocycles. The molecule has 0 amide bonds. The average Bonchev–Trinajstić information content (AvgIpc) is 3.25. The van der Waals surface area contributed by atoms with Gasteiger partial charge in [0.05, 0.1) is 19.8 Å². The molecule has 0 aliphatic carbocycles. The van der Waals surface area contributed by atoms with Gasteiger partial charge in [0.15, 0.2) is 5.96 Å². The van der Waals surface area contributed by atoms with E-state index < -0.39 is 0 Å². The van der Waals surface area contributed by atoms with Crippen molar-refractivity contribution >= 4 is 40.7 Å². The first-order valence-corrected chi connectivity index (χ1v) is 10.1. The average molecular weight is 494 g/mol. The van der Waals surface area contributed by atoms with Crippen LogP contribution < -0.4 is 10.6 Å². The normalized spacial score (nSPS) is 19.4. The van der Waals surface area contributed by atoms with Crippen LogP contribution in [0.1, 0.15) is 18.9 Å². The Morgan fingerprint density at radius 3 is 2.71 bits per heavy atom. The number of aliphatic imine (C=N–C) groups is 1. The summed E-state index contributed by atoms with van der Waals surface area (Å²) in [6.45, 7) is 9.91. The van der Waals surface area contributed by atoms with Gasteiger partial charge < -0.3 is 15.4 Å². The van der Waals surface area contributed by atoms with Crippen LogP contribution in [0.25, 0.3) is 10.8 Å². The fourth-order valence-corrected chi connectivity index (χ4v) is 4.09. The van der Waals surface area contributed by atoms with E-state index in [2.05, 4.69) is 69.9 Å². The minimum atomic E-state index is 0. The van der Waals surface area contributed by atoms with Crippen molar-refractivity contribution < 1.29 is 4.74 Å². The molecule has 1 unspecified atom stereocenters. The summed E-state index contributed by atoms with van der Waals surface area (Å²) in [6.07, 6.45) is 1.10. The Bertz CT molecular complexity index is 801. The molecule has 0 saturated carbocycles. The molecule has 0 spiro atoms. The first kappa shape index (κ1) is 21.3. The van der Waals surface area contributed by atoms with E-state index in [0.717, 1.165) is 64.9 Å². The maximum absolute atomic E-state index is 5.51. The van der Waals surface area contributed by atoms with Gasteiger partial charge in [0, 0.05) is 31.6 Å². The molecule has 2 N–H and O–H groups in total. The Morgan fingerprint density at radius 2 is 1.93 bits per heavy atom. The molecular formula is C22H31IN4O. The van der Waals surface area contributed by atoms with Crippen molar-refractivity contribution in [2.24, 2.45) is 4.99 Å². The largest absolute Gasteiger partial charge is 0.379 e. The van der Waals surface area contributed by atoms with Crippen molar-refractivity contribution in [2.45, 2.75) is 18.8 Å². The fraction of sp³-hybridized carbons (Fsp3) is 0.500. The second-order valence-electron chi connectivity index (χ2n) is 7.80. The number of rotatable bonds is 6. The molecule has 4 rings (SSSR count). The van der Waals surface area contributed by atoms with E-state index in [9.17, 15) is 0 Å². The molecule has 28 heavy (non-hydrogen) atoms. The molecule has 2 aromatic rings. The monoisotopic (exact) mass is 494 g/mol. The number of nitrogens with one attached hydrogen (secondary N) is 2. The number of hydrogen-bond acceptors (Lipinski definition) is 5. The molecule has 2 aliphatic rings. The summed E-state index contributed by atoms with van der Waals surface area (Å²) in [5.41, 5.74) is 1.44. The van der Waals surface area contributed by atoms with Crippen LogP contribution in [-0.4, -0.2) is 63.3 Å². The highest BCUT2D eigenvalue weighted by molar-refractivity contribution is 14.0. The van der Waals surface area contributed by atoms with Crippen molar-refractivity contribution in [3.05, 3.63) is 48.0 Å². The number of guanidine groups is 1. The number of morpholine rings is 1. The summed E-state index contributed by atoms with van der Waals surface area (Å²) in [4.78, 5) is 7.04. The number of hydrogen-bond donors (Lipinski definition) is 2. The maximum Gasteiger partial charge on any atom is 0.191 e. The van der Waals surface area contributed by atoms with Gasteiger partial charge in [0.1, 0.15) is 0 Å². The zero-order valence-electron chi connectivity index (χ0n) is 16.6. The first-order chi connectivity index (χ1) is 13.2. The van der Waals surface area contributed by atoms with Crippen molar-refractivity contribution in [2.75, 3.05) is 52.5 Å². The summed E-state index contributed by atoms with van der Waals surface area (Å²) in [7, 11) is 0. The quantitative estimate of drug-likeness (QED) is 0.607. The molecule has 2 aliphatic heterocycles.